The Morgan fingerprint density at radius 1 is 1.50 bits per heavy atom. The molecule has 9 heteroatoms. The van der Waals surface area contributed by atoms with E-state index < -0.39 is 37.5 Å². The van der Waals surface area contributed by atoms with Crippen molar-refractivity contribution in [3.8, 4) is 0 Å². The summed E-state index contributed by atoms with van der Waals surface area (Å²) in [5.74, 6) is -1.23. The normalized spacial score (nSPS) is 13.2. The molecule has 0 bridgehead atoms. The van der Waals surface area contributed by atoms with Gasteiger partial charge in [-0.25, -0.2) is 13.1 Å². The lowest BCUT2D eigenvalue weighted by Gasteiger charge is -2.11. The van der Waals surface area contributed by atoms with Crippen LogP contribution in [-0.2, 0) is 10.0 Å². The minimum atomic E-state index is -4.01. The predicted octanol–water partition coefficient (Wildman–Crippen LogP) is 1.17. The van der Waals surface area contributed by atoms with Crippen LogP contribution in [-0.4, -0.2) is 31.1 Å². The molecule has 0 fully saturated rings. The zero-order chi connectivity index (χ0) is 15.3. The summed E-state index contributed by atoms with van der Waals surface area (Å²) >= 11 is 0. The van der Waals surface area contributed by atoms with Crippen LogP contribution in [0.1, 0.15) is 19.8 Å². The minimum absolute atomic E-state index is 0.200. The molecule has 0 amide bonds. The van der Waals surface area contributed by atoms with Crippen LogP contribution in [0.2, 0.25) is 0 Å². The number of nitrogens with zero attached hydrogens (tertiary/aromatic N) is 1. The molecular weight excluding hydrogens is 291 g/mol. The third-order valence-corrected chi connectivity index (χ3v) is 3.98. The molecule has 0 spiro atoms. The molecule has 1 aromatic carbocycles. The van der Waals surface area contributed by atoms with E-state index in [0.29, 0.717) is 18.9 Å². The van der Waals surface area contributed by atoms with Crippen LogP contribution in [0.3, 0.4) is 0 Å². The van der Waals surface area contributed by atoms with E-state index in [-0.39, 0.29) is 6.54 Å². The minimum Gasteiger partial charge on any atom is -0.392 e. The van der Waals surface area contributed by atoms with Gasteiger partial charge in [0.1, 0.15) is 0 Å². The molecular formula is C11H15FN2O5S. The van der Waals surface area contributed by atoms with Gasteiger partial charge in [0.25, 0.3) is 0 Å². The van der Waals surface area contributed by atoms with E-state index >= 15 is 0 Å². The summed E-state index contributed by atoms with van der Waals surface area (Å²) in [4.78, 5) is 9.07. The largest absolute Gasteiger partial charge is 0.392 e. The Kier molecular flexibility index (Phi) is 5.54. The van der Waals surface area contributed by atoms with E-state index in [4.69, 9.17) is 0 Å². The molecule has 112 valence electrons. The van der Waals surface area contributed by atoms with Crippen LogP contribution in [0.5, 0.6) is 0 Å². The van der Waals surface area contributed by atoms with E-state index in [9.17, 15) is 28.0 Å². The molecule has 0 saturated heterocycles. The zero-order valence-electron chi connectivity index (χ0n) is 10.7. The number of aliphatic hydroxyl groups excluding tert-OH is 1. The lowest BCUT2D eigenvalue weighted by Crippen LogP contribution is -2.32. The second kappa shape index (κ2) is 6.73. The Morgan fingerprint density at radius 3 is 2.65 bits per heavy atom. The fraction of sp³-hybridized carbons (Fsp3) is 0.455. The van der Waals surface area contributed by atoms with Gasteiger partial charge in [0.05, 0.1) is 15.9 Å². The maximum atomic E-state index is 13.4. The van der Waals surface area contributed by atoms with Crippen molar-refractivity contribution in [2.75, 3.05) is 6.54 Å². The Bertz CT molecular complexity index is 590. The van der Waals surface area contributed by atoms with Gasteiger partial charge in [-0.05, 0) is 12.5 Å². The number of hydrogen-bond acceptors (Lipinski definition) is 5. The van der Waals surface area contributed by atoms with Gasteiger partial charge in [0, 0.05) is 18.7 Å². The number of nitrogens with one attached hydrogen (secondary N) is 1. The first-order chi connectivity index (χ1) is 9.27. The van der Waals surface area contributed by atoms with Gasteiger partial charge in [0.2, 0.25) is 15.8 Å². The number of sulfonamides is 1. The summed E-state index contributed by atoms with van der Waals surface area (Å²) in [6.07, 6.45) is 0.282. The summed E-state index contributed by atoms with van der Waals surface area (Å²) in [6, 6.07) is 2.30. The number of benzene rings is 1. The molecule has 0 aliphatic heterocycles. The molecule has 7 nitrogen and oxygen atoms in total. The summed E-state index contributed by atoms with van der Waals surface area (Å²) < 4.78 is 39.1. The Balaban J connectivity index is 2.88. The van der Waals surface area contributed by atoms with Gasteiger partial charge < -0.3 is 5.11 Å². The van der Waals surface area contributed by atoms with Crippen molar-refractivity contribution >= 4 is 15.7 Å². The molecule has 0 radical (unpaired) electrons. The molecule has 1 unspecified atom stereocenters. The number of hydrogen-bond donors (Lipinski definition) is 2. The monoisotopic (exact) mass is 306 g/mol. The molecule has 1 rings (SSSR count). The molecule has 0 heterocycles. The Hall–Kier alpha value is -1.58. The van der Waals surface area contributed by atoms with Crippen molar-refractivity contribution in [3.05, 3.63) is 34.1 Å². The predicted molar refractivity (Wildman–Crippen MR) is 69.2 cm³/mol. The number of nitro benzene ring substituents is 1. The first kappa shape index (κ1) is 16.5. The highest BCUT2D eigenvalue weighted by Gasteiger charge is 2.21. The Morgan fingerprint density at radius 2 is 2.15 bits per heavy atom. The van der Waals surface area contributed by atoms with Crippen molar-refractivity contribution in [1.82, 2.24) is 4.72 Å². The lowest BCUT2D eigenvalue weighted by molar-refractivity contribution is -0.387. The highest BCUT2D eigenvalue weighted by Crippen LogP contribution is 2.20. The third kappa shape index (κ3) is 4.22. The first-order valence-electron chi connectivity index (χ1n) is 5.89. The Labute approximate surface area is 115 Å². The van der Waals surface area contributed by atoms with Crippen LogP contribution in [0.15, 0.2) is 23.1 Å². The zero-order valence-corrected chi connectivity index (χ0v) is 11.6. The fourth-order valence-corrected chi connectivity index (χ4v) is 2.61. The molecule has 2 N–H and O–H groups in total. The molecule has 0 saturated carbocycles. The number of nitro groups is 1. The fourth-order valence-electron chi connectivity index (χ4n) is 1.53. The third-order valence-electron chi connectivity index (χ3n) is 2.56. The van der Waals surface area contributed by atoms with E-state index in [1.807, 2.05) is 6.92 Å². The van der Waals surface area contributed by atoms with Crippen molar-refractivity contribution < 1.29 is 22.8 Å². The molecule has 1 aromatic rings. The van der Waals surface area contributed by atoms with E-state index in [1.54, 1.807) is 0 Å². The van der Waals surface area contributed by atoms with Crippen LogP contribution >= 0.6 is 0 Å². The van der Waals surface area contributed by atoms with E-state index in [0.717, 1.165) is 12.1 Å². The smallest absolute Gasteiger partial charge is 0.304 e. The van der Waals surface area contributed by atoms with Gasteiger partial charge in [-0.15, -0.1) is 0 Å². The van der Waals surface area contributed by atoms with Crippen LogP contribution in [0.4, 0.5) is 10.1 Å². The number of aliphatic hydroxyl groups is 1. The van der Waals surface area contributed by atoms with Gasteiger partial charge >= 0.3 is 5.69 Å². The summed E-state index contributed by atoms with van der Waals surface area (Å²) in [7, 11) is -4.01. The highest BCUT2D eigenvalue weighted by atomic mass is 32.2. The SMILES string of the molecule is CCCC(O)CNS(=O)(=O)c1ccc([N+](=O)[O-])c(F)c1. The maximum absolute atomic E-state index is 13.4. The first-order valence-corrected chi connectivity index (χ1v) is 7.38. The van der Waals surface area contributed by atoms with Crippen LogP contribution in [0.25, 0.3) is 0 Å². The van der Waals surface area contributed by atoms with Gasteiger partial charge in [-0.2, -0.15) is 4.39 Å². The molecule has 20 heavy (non-hydrogen) atoms. The van der Waals surface area contributed by atoms with Crippen molar-refractivity contribution in [2.45, 2.75) is 30.8 Å². The maximum Gasteiger partial charge on any atom is 0.304 e. The van der Waals surface area contributed by atoms with Gasteiger partial charge in [-0.1, -0.05) is 13.3 Å². The number of halogens is 1. The highest BCUT2D eigenvalue weighted by molar-refractivity contribution is 7.89. The van der Waals surface area contributed by atoms with Crippen molar-refractivity contribution in [1.29, 1.82) is 0 Å². The quantitative estimate of drug-likeness (QED) is 0.580. The van der Waals surface area contributed by atoms with Gasteiger partial charge in [-0.3, -0.25) is 10.1 Å². The molecule has 0 aliphatic rings. The van der Waals surface area contributed by atoms with Crippen LogP contribution < -0.4 is 4.72 Å². The second-order valence-electron chi connectivity index (χ2n) is 4.16. The van der Waals surface area contributed by atoms with E-state index in [2.05, 4.69) is 4.72 Å². The summed E-state index contributed by atoms with van der Waals surface area (Å²) in [6.45, 7) is 1.64. The summed E-state index contributed by atoms with van der Waals surface area (Å²) in [5.41, 5.74) is -0.796. The van der Waals surface area contributed by atoms with Crippen molar-refractivity contribution in [2.24, 2.45) is 0 Å². The van der Waals surface area contributed by atoms with E-state index in [1.165, 1.54) is 0 Å². The second-order valence-corrected chi connectivity index (χ2v) is 5.93. The summed E-state index contributed by atoms with van der Waals surface area (Å²) in [5, 5.41) is 19.9. The molecule has 0 aliphatic carbocycles. The number of rotatable bonds is 7. The molecule has 1 atom stereocenters. The average molecular weight is 306 g/mol. The standard InChI is InChI=1S/C11H15FN2O5S/c1-2-3-8(15)7-13-20(18,19)9-4-5-11(14(16)17)10(12)6-9/h4-6,8,13,15H,2-3,7H2,1H3. The van der Waals surface area contributed by atoms with Crippen molar-refractivity contribution in [3.63, 3.8) is 0 Å². The topological polar surface area (TPSA) is 110 Å². The van der Waals surface area contributed by atoms with Crippen LogP contribution in [0, 0.1) is 15.9 Å². The molecule has 0 aromatic heterocycles. The van der Waals surface area contributed by atoms with Gasteiger partial charge in [0.15, 0.2) is 0 Å². The lowest BCUT2D eigenvalue weighted by atomic mass is 10.2. The average Bonchev–Trinajstić information content (AvgIpc) is 2.36.